The quantitative estimate of drug-likeness (QED) is 0.880. The van der Waals surface area contributed by atoms with E-state index < -0.39 is 0 Å². The number of rotatable bonds is 4. The molecule has 0 atom stereocenters. The zero-order chi connectivity index (χ0) is 13.2. The van der Waals surface area contributed by atoms with E-state index in [1.165, 1.54) is 25.7 Å². The van der Waals surface area contributed by atoms with Gasteiger partial charge >= 0.3 is 0 Å². The molecule has 1 N–H and O–H groups in total. The largest absolute Gasteiger partial charge is 0.346 e. The van der Waals surface area contributed by atoms with Crippen molar-refractivity contribution in [3.05, 3.63) is 34.4 Å². The number of fused-ring (bicyclic) bond motifs is 1. The van der Waals surface area contributed by atoms with E-state index in [1.54, 1.807) is 6.07 Å². The average Bonchev–Trinajstić information content (AvgIpc) is 2.99. The number of nitrogens with zero attached hydrogens (tertiary/aromatic N) is 1. The number of nitrogens with one attached hydrogen (secondary N) is 1. The van der Waals surface area contributed by atoms with Crippen LogP contribution in [0.25, 0.3) is 10.9 Å². The number of halogens is 2. The van der Waals surface area contributed by atoms with Crippen LogP contribution in [0.2, 0.25) is 10.0 Å². The third kappa shape index (κ3) is 2.91. The van der Waals surface area contributed by atoms with Crippen molar-refractivity contribution >= 4 is 34.1 Å². The highest BCUT2D eigenvalue weighted by molar-refractivity contribution is 6.38. The Morgan fingerprint density at radius 3 is 2.79 bits per heavy atom. The van der Waals surface area contributed by atoms with E-state index in [0.717, 1.165) is 29.0 Å². The molecule has 2 nitrogen and oxygen atoms in total. The molecule has 2 aromatic rings. The molecule has 1 fully saturated rings. The average molecular weight is 297 g/mol. The molecule has 1 aliphatic carbocycles. The fourth-order valence-electron chi connectivity index (χ4n) is 2.93. The zero-order valence-electron chi connectivity index (χ0n) is 10.8. The third-order valence-electron chi connectivity index (χ3n) is 3.94. The minimum atomic E-state index is 0.696. The van der Waals surface area contributed by atoms with E-state index in [9.17, 15) is 0 Å². The van der Waals surface area contributed by atoms with Crippen molar-refractivity contribution in [3.63, 3.8) is 0 Å². The van der Waals surface area contributed by atoms with E-state index >= 15 is 0 Å². The first-order valence-corrected chi connectivity index (χ1v) is 7.67. The molecule has 1 aromatic heterocycles. The predicted octanol–water partition coefficient (Wildman–Crippen LogP) is 4.48. The Morgan fingerprint density at radius 1 is 1.21 bits per heavy atom. The number of aromatic nitrogens is 1. The van der Waals surface area contributed by atoms with E-state index in [2.05, 4.69) is 22.1 Å². The van der Waals surface area contributed by atoms with E-state index in [0.29, 0.717) is 11.1 Å². The van der Waals surface area contributed by atoms with Crippen molar-refractivity contribution in [1.29, 1.82) is 0 Å². The second-order valence-corrected chi connectivity index (χ2v) is 6.11. The Labute approximate surface area is 123 Å². The van der Waals surface area contributed by atoms with Crippen LogP contribution in [0, 0.1) is 0 Å². The first-order chi connectivity index (χ1) is 9.24. The maximum absolute atomic E-state index is 6.20. The molecule has 0 radical (unpaired) electrons. The lowest BCUT2D eigenvalue weighted by Gasteiger charge is -2.12. The minimum absolute atomic E-state index is 0.696. The second-order valence-electron chi connectivity index (χ2n) is 5.27. The molecular weight excluding hydrogens is 279 g/mol. The molecule has 1 aliphatic rings. The van der Waals surface area contributed by atoms with Gasteiger partial charge < -0.3 is 9.88 Å². The Balaban J connectivity index is 1.70. The predicted molar refractivity (Wildman–Crippen MR) is 82.2 cm³/mol. The van der Waals surface area contributed by atoms with Crippen LogP contribution >= 0.6 is 23.2 Å². The lowest BCUT2D eigenvalue weighted by molar-refractivity contribution is 0.501. The second kappa shape index (κ2) is 5.74. The first kappa shape index (κ1) is 13.3. The summed E-state index contributed by atoms with van der Waals surface area (Å²) in [5.41, 5.74) is 1.12. The van der Waals surface area contributed by atoms with Gasteiger partial charge in [0.25, 0.3) is 0 Å². The van der Waals surface area contributed by atoms with Crippen molar-refractivity contribution in [3.8, 4) is 0 Å². The lowest BCUT2D eigenvalue weighted by Crippen LogP contribution is -2.29. The fraction of sp³-hybridized carbons (Fsp3) is 0.467. The highest BCUT2D eigenvalue weighted by Crippen LogP contribution is 2.28. The van der Waals surface area contributed by atoms with Crippen LogP contribution in [0.1, 0.15) is 25.7 Å². The van der Waals surface area contributed by atoms with E-state index in [4.69, 9.17) is 23.2 Å². The van der Waals surface area contributed by atoms with Gasteiger partial charge in [0.15, 0.2) is 0 Å². The van der Waals surface area contributed by atoms with Gasteiger partial charge in [-0.25, -0.2) is 0 Å². The summed E-state index contributed by atoms with van der Waals surface area (Å²) in [5, 5.41) is 6.13. The Kier molecular flexibility index (Phi) is 4.01. The van der Waals surface area contributed by atoms with E-state index in [1.807, 2.05) is 6.07 Å². The summed E-state index contributed by atoms with van der Waals surface area (Å²) in [7, 11) is 0. The molecule has 1 heterocycles. The van der Waals surface area contributed by atoms with Crippen molar-refractivity contribution in [1.82, 2.24) is 9.88 Å². The van der Waals surface area contributed by atoms with Crippen LogP contribution in [0.15, 0.2) is 24.4 Å². The molecule has 0 unspecified atom stereocenters. The van der Waals surface area contributed by atoms with Crippen LogP contribution < -0.4 is 5.32 Å². The smallest absolute Gasteiger partial charge is 0.0514 e. The molecule has 3 rings (SSSR count). The summed E-state index contributed by atoms with van der Waals surface area (Å²) in [5.74, 6) is 0. The zero-order valence-corrected chi connectivity index (χ0v) is 12.3. The molecular formula is C15H18Cl2N2. The van der Waals surface area contributed by atoms with Gasteiger partial charge in [-0.15, -0.1) is 0 Å². The topological polar surface area (TPSA) is 17.0 Å². The van der Waals surface area contributed by atoms with Crippen LogP contribution in [-0.4, -0.2) is 17.2 Å². The molecule has 1 saturated carbocycles. The van der Waals surface area contributed by atoms with Crippen molar-refractivity contribution in [2.45, 2.75) is 38.3 Å². The van der Waals surface area contributed by atoms with Crippen molar-refractivity contribution < 1.29 is 0 Å². The van der Waals surface area contributed by atoms with E-state index in [-0.39, 0.29) is 0 Å². The monoisotopic (exact) mass is 296 g/mol. The van der Waals surface area contributed by atoms with Crippen LogP contribution in [0.5, 0.6) is 0 Å². The number of hydrogen-bond donors (Lipinski definition) is 1. The number of benzene rings is 1. The molecule has 0 saturated heterocycles. The summed E-state index contributed by atoms with van der Waals surface area (Å²) in [6, 6.07) is 6.56. The summed E-state index contributed by atoms with van der Waals surface area (Å²) in [6.45, 7) is 1.95. The summed E-state index contributed by atoms with van der Waals surface area (Å²) in [4.78, 5) is 0. The van der Waals surface area contributed by atoms with Crippen molar-refractivity contribution in [2.75, 3.05) is 6.54 Å². The summed E-state index contributed by atoms with van der Waals surface area (Å²) < 4.78 is 2.22. The Morgan fingerprint density at radius 2 is 2.00 bits per heavy atom. The molecule has 0 amide bonds. The lowest BCUT2D eigenvalue weighted by atomic mass is 10.2. The minimum Gasteiger partial charge on any atom is -0.346 e. The molecule has 0 bridgehead atoms. The van der Waals surface area contributed by atoms with Crippen LogP contribution in [0.3, 0.4) is 0 Å². The van der Waals surface area contributed by atoms with Gasteiger partial charge in [0, 0.05) is 35.7 Å². The maximum atomic E-state index is 6.20. The maximum Gasteiger partial charge on any atom is 0.0514 e. The van der Waals surface area contributed by atoms with Gasteiger partial charge in [-0.2, -0.15) is 0 Å². The van der Waals surface area contributed by atoms with Crippen LogP contribution in [0.4, 0.5) is 0 Å². The molecule has 0 aliphatic heterocycles. The van der Waals surface area contributed by atoms with Gasteiger partial charge in [-0.05, 0) is 31.0 Å². The van der Waals surface area contributed by atoms with Gasteiger partial charge in [0.2, 0.25) is 0 Å². The summed E-state index contributed by atoms with van der Waals surface area (Å²) >= 11 is 12.3. The Bertz CT molecular complexity index is 571. The number of hydrogen-bond acceptors (Lipinski definition) is 1. The Hall–Kier alpha value is -0.700. The molecule has 0 spiro atoms. The molecule has 4 heteroatoms. The highest BCUT2D eigenvalue weighted by atomic mass is 35.5. The van der Waals surface area contributed by atoms with Crippen molar-refractivity contribution in [2.24, 2.45) is 0 Å². The third-order valence-corrected chi connectivity index (χ3v) is 4.47. The molecule has 19 heavy (non-hydrogen) atoms. The van der Waals surface area contributed by atoms with Gasteiger partial charge in [0.05, 0.1) is 10.5 Å². The molecule has 1 aromatic carbocycles. The highest BCUT2D eigenvalue weighted by Gasteiger charge is 2.13. The summed E-state index contributed by atoms with van der Waals surface area (Å²) in [6.07, 6.45) is 7.47. The molecule has 102 valence electrons. The first-order valence-electron chi connectivity index (χ1n) is 6.91. The SMILES string of the molecule is Clc1cc(Cl)c2ccn(CCNC3CCCC3)c2c1. The van der Waals surface area contributed by atoms with Gasteiger partial charge in [-0.3, -0.25) is 0 Å². The van der Waals surface area contributed by atoms with Crippen LogP contribution in [-0.2, 0) is 6.54 Å². The standard InChI is InChI=1S/C15H18Cl2N2/c16-11-9-14(17)13-5-7-19(15(13)10-11)8-6-18-12-3-1-2-4-12/h5,7,9-10,12,18H,1-4,6,8H2. The normalized spacial score (nSPS) is 16.5. The van der Waals surface area contributed by atoms with Gasteiger partial charge in [-0.1, -0.05) is 36.0 Å². The van der Waals surface area contributed by atoms with Gasteiger partial charge in [0.1, 0.15) is 0 Å². The fourth-order valence-corrected chi connectivity index (χ4v) is 3.48.